The number of hydrogen-bond acceptors (Lipinski definition) is 3. The van der Waals surface area contributed by atoms with Crippen molar-refractivity contribution >= 4 is 27.8 Å². The molecule has 0 aliphatic rings. The van der Waals surface area contributed by atoms with Crippen molar-refractivity contribution < 1.29 is 18.3 Å². The van der Waals surface area contributed by atoms with Crippen LogP contribution >= 0.6 is 0 Å². The van der Waals surface area contributed by atoms with Crippen LogP contribution in [0.5, 0.6) is 0 Å². The molecule has 0 aliphatic carbocycles. The van der Waals surface area contributed by atoms with Crippen LogP contribution in [0.4, 0.5) is 5.69 Å². The van der Waals surface area contributed by atoms with Gasteiger partial charge >= 0.3 is 5.97 Å². The van der Waals surface area contributed by atoms with Gasteiger partial charge in [0.25, 0.3) is 10.0 Å². The second-order valence-electron chi connectivity index (χ2n) is 5.22. The van der Waals surface area contributed by atoms with Crippen molar-refractivity contribution in [3.8, 4) is 0 Å². The minimum atomic E-state index is -3.69. The van der Waals surface area contributed by atoms with Crippen LogP contribution < -0.4 is 4.72 Å². The molecule has 23 heavy (non-hydrogen) atoms. The topological polar surface area (TPSA) is 83.5 Å². The lowest BCUT2D eigenvalue weighted by Crippen LogP contribution is -2.13. The van der Waals surface area contributed by atoms with E-state index in [1.54, 1.807) is 24.3 Å². The predicted octanol–water partition coefficient (Wildman–Crippen LogP) is 3.20. The molecule has 2 aromatic rings. The summed E-state index contributed by atoms with van der Waals surface area (Å²) in [5.41, 5.74) is 3.06. The second kappa shape index (κ2) is 6.66. The smallest absolute Gasteiger partial charge is 0.328 e. The fraction of sp³-hybridized carbons (Fsp3) is 0.118. The number of rotatable bonds is 5. The molecular weight excluding hydrogens is 314 g/mol. The molecule has 0 atom stereocenters. The first-order valence-corrected chi connectivity index (χ1v) is 8.37. The zero-order chi connectivity index (χ0) is 17.0. The summed E-state index contributed by atoms with van der Waals surface area (Å²) in [5, 5.41) is 8.57. The maximum Gasteiger partial charge on any atom is 0.328 e. The summed E-state index contributed by atoms with van der Waals surface area (Å²) < 4.78 is 27.3. The van der Waals surface area contributed by atoms with Crippen LogP contribution in [-0.2, 0) is 14.8 Å². The molecule has 0 saturated carbocycles. The highest BCUT2D eigenvalue weighted by Crippen LogP contribution is 2.19. The van der Waals surface area contributed by atoms with Gasteiger partial charge in [0.1, 0.15) is 0 Å². The maximum atomic E-state index is 12.4. The van der Waals surface area contributed by atoms with Crippen LogP contribution in [0.2, 0.25) is 0 Å². The lowest BCUT2D eigenvalue weighted by Gasteiger charge is -2.10. The number of aliphatic carboxylic acids is 1. The third-order valence-electron chi connectivity index (χ3n) is 3.08. The van der Waals surface area contributed by atoms with Crippen LogP contribution in [0, 0.1) is 13.8 Å². The van der Waals surface area contributed by atoms with Gasteiger partial charge in [-0.3, -0.25) is 4.72 Å². The first kappa shape index (κ1) is 16.8. The summed E-state index contributed by atoms with van der Waals surface area (Å²) in [6, 6.07) is 11.5. The van der Waals surface area contributed by atoms with E-state index in [0.29, 0.717) is 11.3 Å². The molecule has 0 unspecified atom stereocenters. The van der Waals surface area contributed by atoms with Crippen molar-refractivity contribution in [3.05, 3.63) is 65.2 Å². The lowest BCUT2D eigenvalue weighted by atomic mass is 10.1. The third kappa shape index (κ3) is 4.69. The molecule has 0 aliphatic heterocycles. The minimum absolute atomic E-state index is 0.115. The standard InChI is InChI=1S/C17H17NO4S/c1-12-9-13(2)11-15(10-12)18-23(21,22)16-6-3-14(4-7-16)5-8-17(19)20/h3-11,18H,1-2H3,(H,19,20)/b8-5+. The molecule has 0 amide bonds. The predicted molar refractivity (Wildman–Crippen MR) is 89.8 cm³/mol. The van der Waals surface area contributed by atoms with E-state index in [1.807, 2.05) is 19.9 Å². The Labute approximate surface area is 135 Å². The summed E-state index contributed by atoms with van der Waals surface area (Å²) in [5.74, 6) is -1.06. The Morgan fingerprint density at radius 2 is 1.61 bits per heavy atom. The van der Waals surface area contributed by atoms with Gasteiger partial charge in [-0.15, -0.1) is 0 Å². The Bertz CT molecular complexity index is 832. The van der Waals surface area contributed by atoms with E-state index in [0.717, 1.165) is 17.2 Å². The molecule has 6 heteroatoms. The summed E-state index contributed by atoms with van der Waals surface area (Å²) >= 11 is 0. The monoisotopic (exact) mass is 331 g/mol. The highest BCUT2D eigenvalue weighted by molar-refractivity contribution is 7.92. The van der Waals surface area contributed by atoms with E-state index in [1.165, 1.54) is 18.2 Å². The highest BCUT2D eigenvalue weighted by Gasteiger charge is 2.14. The Balaban J connectivity index is 2.24. The number of anilines is 1. The first-order chi connectivity index (χ1) is 10.8. The number of aryl methyl sites for hydroxylation is 2. The number of benzene rings is 2. The lowest BCUT2D eigenvalue weighted by molar-refractivity contribution is -0.131. The average Bonchev–Trinajstić information content (AvgIpc) is 2.44. The fourth-order valence-corrected chi connectivity index (χ4v) is 3.21. The van der Waals surface area contributed by atoms with Crippen molar-refractivity contribution in [2.45, 2.75) is 18.7 Å². The number of nitrogens with one attached hydrogen (secondary N) is 1. The molecule has 0 aromatic heterocycles. The van der Waals surface area contributed by atoms with Crippen LogP contribution in [0.1, 0.15) is 16.7 Å². The number of carboxylic acids is 1. The maximum absolute atomic E-state index is 12.4. The molecule has 5 nitrogen and oxygen atoms in total. The molecule has 0 spiro atoms. The largest absolute Gasteiger partial charge is 0.478 e. The number of hydrogen-bond donors (Lipinski definition) is 2. The van der Waals surface area contributed by atoms with Gasteiger partial charge < -0.3 is 5.11 Å². The minimum Gasteiger partial charge on any atom is -0.478 e. The van der Waals surface area contributed by atoms with Crippen molar-refractivity contribution in [3.63, 3.8) is 0 Å². The van der Waals surface area contributed by atoms with Crippen LogP contribution in [0.25, 0.3) is 6.08 Å². The van der Waals surface area contributed by atoms with Gasteiger partial charge in [0.15, 0.2) is 0 Å². The van der Waals surface area contributed by atoms with Gasteiger partial charge in [0.05, 0.1) is 4.90 Å². The summed E-state index contributed by atoms with van der Waals surface area (Å²) in [7, 11) is -3.69. The van der Waals surface area contributed by atoms with Gasteiger partial charge in [0.2, 0.25) is 0 Å². The molecule has 0 heterocycles. The molecule has 0 saturated heterocycles. The van der Waals surface area contributed by atoms with Gasteiger partial charge in [0, 0.05) is 11.8 Å². The van der Waals surface area contributed by atoms with Crippen molar-refractivity contribution in [2.24, 2.45) is 0 Å². The number of carbonyl (C=O) groups is 1. The SMILES string of the molecule is Cc1cc(C)cc(NS(=O)(=O)c2ccc(/C=C/C(=O)O)cc2)c1. The van der Waals surface area contributed by atoms with Crippen molar-refractivity contribution in [1.29, 1.82) is 0 Å². The molecule has 120 valence electrons. The third-order valence-corrected chi connectivity index (χ3v) is 4.48. The van der Waals surface area contributed by atoms with Gasteiger partial charge in [-0.05, 0) is 60.9 Å². The first-order valence-electron chi connectivity index (χ1n) is 6.88. The molecule has 0 fully saturated rings. The quantitative estimate of drug-likeness (QED) is 0.824. The van der Waals surface area contributed by atoms with E-state index in [2.05, 4.69) is 4.72 Å². The number of sulfonamides is 1. The summed E-state index contributed by atoms with van der Waals surface area (Å²) in [6.07, 6.45) is 2.40. The van der Waals surface area contributed by atoms with E-state index in [9.17, 15) is 13.2 Å². The van der Waals surface area contributed by atoms with Crippen molar-refractivity contribution in [1.82, 2.24) is 0 Å². The van der Waals surface area contributed by atoms with Crippen LogP contribution in [-0.4, -0.2) is 19.5 Å². The van der Waals surface area contributed by atoms with E-state index < -0.39 is 16.0 Å². The molecule has 2 N–H and O–H groups in total. The summed E-state index contributed by atoms with van der Waals surface area (Å²) in [4.78, 5) is 10.6. The zero-order valence-corrected chi connectivity index (χ0v) is 13.6. The van der Waals surface area contributed by atoms with Gasteiger partial charge in [-0.25, -0.2) is 13.2 Å². The normalized spacial score (nSPS) is 11.6. The Morgan fingerprint density at radius 3 is 2.13 bits per heavy atom. The second-order valence-corrected chi connectivity index (χ2v) is 6.90. The fourth-order valence-electron chi connectivity index (χ4n) is 2.17. The molecular formula is C17H17NO4S. The van der Waals surface area contributed by atoms with E-state index in [-0.39, 0.29) is 4.90 Å². The van der Waals surface area contributed by atoms with Crippen molar-refractivity contribution in [2.75, 3.05) is 4.72 Å². The zero-order valence-electron chi connectivity index (χ0n) is 12.8. The van der Waals surface area contributed by atoms with Crippen LogP contribution in [0.15, 0.2) is 53.4 Å². The van der Waals surface area contributed by atoms with Crippen LogP contribution in [0.3, 0.4) is 0 Å². The Kier molecular flexibility index (Phi) is 4.86. The average molecular weight is 331 g/mol. The van der Waals surface area contributed by atoms with Gasteiger partial charge in [-0.1, -0.05) is 18.2 Å². The van der Waals surface area contributed by atoms with E-state index in [4.69, 9.17) is 5.11 Å². The molecule has 0 bridgehead atoms. The number of carboxylic acid groups (broad SMARTS) is 1. The Morgan fingerprint density at radius 1 is 1.04 bits per heavy atom. The molecule has 2 rings (SSSR count). The van der Waals surface area contributed by atoms with Gasteiger partial charge in [-0.2, -0.15) is 0 Å². The summed E-state index contributed by atoms with van der Waals surface area (Å²) in [6.45, 7) is 3.79. The molecule has 0 radical (unpaired) electrons. The Hall–Kier alpha value is -2.60. The molecule has 2 aromatic carbocycles. The highest BCUT2D eigenvalue weighted by atomic mass is 32.2. The van der Waals surface area contributed by atoms with E-state index >= 15 is 0 Å².